The van der Waals surface area contributed by atoms with Crippen LogP contribution < -0.4 is 0 Å². The molecule has 4 aromatic heterocycles. The molecule has 4 rings (SSSR count). The van der Waals surface area contributed by atoms with E-state index in [2.05, 4.69) is 24.7 Å². The van der Waals surface area contributed by atoms with Crippen LogP contribution in [-0.4, -0.2) is 33.0 Å². The molecule has 0 saturated heterocycles. The number of alkyl halides is 6. The molecular formula is C24H13Cl3F6N4O2. The summed E-state index contributed by atoms with van der Waals surface area (Å²) in [7, 11) is 1.19. The van der Waals surface area contributed by atoms with Crippen molar-refractivity contribution >= 4 is 40.8 Å². The summed E-state index contributed by atoms with van der Waals surface area (Å²) in [6.07, 6.45) is -4.29. The second-order valence-corrected chi connectivity index (χ2v) is 8.59. The molecule has 15 heteroatoms. The maximum Gasteiger partial charge on any atom is 0.433 e. The second kappa shape index (κ2) is 12.1. The first-order valence-electron chi connectivity index (χ1n) is 10.3. The van der Waals surface area contributed by atoms with E-state index in [4.69, 9.17) is 34.8 Å². The number of esters is 1. The normalized spacial score (nSPS) is 11.4. The third kappa shape index (κ3) is 7.78. The SMILES string of the molecule is COC(=O)c1cc(-c2ccc(C(F)(F)F)nc2)c(Cl)cn1.FC(F)(F)c1ccc(-c2cc(Cl)ncc2Cl)cn1. The summed E-state index contributed by atoms with van der Waals surface area (Å²) in [5, 5.41) is 0.680. The smallest absolute Gasteiger partial charge is 0.433 e. The van der Waals surface area contributed by atoms with Crippen molar-refractivity contribution in [1.82, 2.24) is 19.9 Å². The highest BCUT2D eigenvalue weighted by Crippen LogP contribution is 2.33. The molecule has 0 saturated carbocycles. The first kappa shape index (κ1) is 30.1. The molecular weight excluding hydrogens is 597 g/mol. The lowest BCUT2D eigenvalue weighted by Gasteiger charge is -2.08. The zero-order valence-electron chi connectivity index (χ0n) is 19.3. The first-order valence-corrected chi connectivity index (χ1v) is 11.5. The summed E-state index contributed by atoms with van der Waals surface area (Å²) >= 11 is 17.5. The standard InChI is InChI=1S/C13H8ClF3N2O2.C11H5Cl2F3N2/c1-21-12(20)10-4-8(9(14)6-18-10)7-2-3-11(19-5-7)13(15,16)17;12-8-5-18-10(13)3-7(8)6-1-2-9(17-4-6)11(14,15)16/h2-6H,1H3;1-5H. The van der Waals surface area contributed by atoms with E-state index >= 15 is 0 Å². The van der Waals surface area contributed by atoms with Gasteiger partial charge in [0.1, 0.15) is 22.2 Å². The molecule has 0 amide bonds. The van der Waals surface area contributed by atoms with Gasteiger partial charge >= 0.3 is 18.3 Å². The Labute approximate surface area is 231 Å². The largest absolute Gasteiger partial charge is 0.464 e. The van der Waals surface area contributed by atoms with Crippen LogP contribution in [0.3, 0.4) is 0 Å². The highest BCUT2D eigenvalue weighted by molar-refractivity contribution is 6.34. The minimum atomic E-state index is -4.52. The van der Waals surface area contributed by atoms with Gasteiger partial charge in [-0.25, -0.2) is 14.8 Å². The Morgan fingerprint density at radius 3 is 1.56 bits per heavy atom. The van der Waals surface area contributed by atoms with Gasteiger partial charge in [0.2, 0.25) is 0 Å². The monoisotopic (exact) mass is 608 g/mol. The van der Waals surface area contributed by atoms with E-state index in [-0.39, 0.29) is 15.9 Å². The van der Waals surface area contributed by atoms with Crippen molar-refractivity contribution in [2.75, 3.05) is 7.11 Å². The third-order valence-corrected chi connectivity index (χ3v) is 5.61. The number of rotatable bonds is 3. The van der Waals surface area contributed by atoms with Crippen LogP contribution in [0.4, 0.5) is 26.3 Å². The summed E-state index contributed by atoms with van der Waals surface area (Å²) in [6, 6.07) is 7.03. The molecule has 0 spiro atoms. The number of aromatic nitrogens is 4. The van der Waals surface area contributed by atoms with Crippen LogP contribution in [0.5, 0.6) is 0 Å². The maximum atomic E-state index is 12.5. The van der Waals surface area contributed by atoms with Gasteiger partial charge in [0.25, 0.3) is 0 Å². The molecule has 0 N–H and O–H groups in total. The molecule has 0 aliphatic rings. The summed E-state index contributed by atoms with van der Waals surface area (Å²) in [5.41, 5.74) is -0.368. The van der Waals surface area contributed by atoms with Crippen molar-refractivity contribution in [2.45, 2.75) is 12.4 Å². The Morgan fingerprint density at radius 2 is 1.15 bits per heavy atom. The average molecular weight is 610 g/mol. The van der Waals surface area contributed by atoms with Crippen molar-refractivity contribution in [3.63, 3.8) is 0 Å². The van der Waals surface area contributed by atoms with Gasteiger partial charge in [0.05, 0.1) is 17.2 Å². The molecule has 4 heterocycles. The zero-order chi connectivity index (χ0) is 29.0. The summed E-state index contributed by atoms with van der Waals surface area (Å²) in [5.74, 6) is -0.673. The Balaban J connectivity index is 0.000000218. The minimum Gasteiger partial charge on any atom is -0.464 e. The summed E-state index contributed by atoms with van der Waals surface area (Å²) in [6.45, 7) is 0. The molecule has 39 heavy (non-hydrogen) atoms. The fourth-order valence-corrected chi connectivity index (χ4v) is 3.54. The molecule has 0 fully saturated rings. The van der Waals surface area contributed by atoms with Crippen LogP contribution in [0.1, 0.15) is 21.9 Å². The fourth-order valence-electron chi connectivity index (χ4n) is 2.95. The van der Waals surface area contributed by atoms with E-state index in [0.29, 0.717) is 27.3 Å². The number of carbonyl (C=O) groups is 1. The van der Waals surface area contributed by atoms with Crippen LogP contribution in [0.2, 0.25) is 15.2 Å². The topological polar surface area (TPSA) is 77.9 Å². The van der Waals surface area contributed by atoms with Crippen LogP contribution in [0.25, 0.3) is 22.3 Å². The predicted molar refractivity (Wildman–Crippen MR) is 131 cm³/mol. The van der Waals surface area contributed by atoms with Gasteiger partial charge in [-0.15, -0.1) is 0 Å². The van der Waals surface area contributed by atoms with Crippen molar-refractivity contribution < 1.29 is 35.9 Å². The molecule has 204 valence electrons. The van der Waals surface area contributed by atoms with Crippen LogP contribution in [0.15, 0.2) is 61.2 Å². The van der Waals surface area contributed by atoms with Crippen LogP contribution in [0, 0.1) is 0 Å². The van der Waals surface area contributed by atoms with E-state index in [1.165, 1.54) is 43.8 Å². The van der Waals surface area contributed by atoms with Gasteiger partial charge in [-0.3, -0.25) is 9.97 Å². The van der Waals surface area contributed by atoms with E-state index in [1.807, 2.05) is 0 Å². The molecule has 0 atom stereocenters. The molecule has 6 nitrogen and oxygen atoms in total. The van der Waals surface area contributed by atoms with Crippen molar-refractivity contribution in [1.29, 1.82) is 0 Å². The number of carbonyl (C=O) groups excluding carboxylic acids is 1. The average Bonchev–Trinajstić information content (AvgIpc) is 2.89. The predicted octanol–water partition coefficient (Wildman–Crippen LogP) is 8.07. The lowest BCUT2D eigenvalue weighted by Crippen LogP contribution is -2.07. The first-order chi connectivity index (χ1) is 18.2. The molecule has 4 aromatic rings. The summed E-state index contributed by atoms with van der Waals surface area (Å²) in [4.78, 5) is 25.6. The maximum absolute atomic E-state index is 12.5. The zero-order valence-corrected chi connectivity index (χ0v) is 21.5. The fraction of sp³-hybridized carbons (Fsp3) is 0.125. The summed E-state index contributed by atoms with van der Waals surface area (Å²) < 4.78 is 78.9. The van der Waals surface area contributed by atoms with Gasteiger partial charge in [0.15, 0.2) is 0 Å². The van der Waals surface area contributed by atoms with Gasteiger partial charge in [-0.1, -0.05) is 46.9 Å². The molecule has 0 unspecified atom stereocenters. The number of methoxy groups -OCH3 is 1. The van der Waals surface area contributed by atoms with E-state index in [1.54, 1.807) is 0 Å². The number of hydrogen-bond acceptors (Lipinski definition) is 6. The highest BCUT2D eigenvalue weighted by atomic mass is 35.5. The van der Waals surface area contributed by atoms with Crippen molar-refractivity contribution in [3.8, 4) is 22.3 Å². The number of ether oxygens (including phenoxy) is 1. The van der Waals surface area contributed by atoms with Crippen LogP contribution >= 0.6 is 34.8 Å². The van der Waals surface area contributed by atoms with Gasteiger partial charge in [-0.05, 0) is 24.3 Å². The molecule has 0 bridgehead atoms. The number of nitrogens with zero attached hydrogens (tertiary/aromatic N) is 4. The highest BCUT2D eigenvalue weighted by Gasteiger charge is 2.33. The van der Waals surface area contributed by atoms with E-state index in [9.17, 15) is 31.1 Å². The molecule has 0 radical (unpaired) electrons. The van der Waals surface area contributed by atoms with Crippen LogP contribution in [-0.2, 0) is 17.1 Å². The van der Waals surface area contributed by atoms with Gasteiger partial charge in [-0.2, -0.15) is 26.3 Å². The minimum absolute atomic E-state index is 0.00296. The van der Waals surface area contributed by atoms with E-state index < -0.39 is 29.7 Å². The van der Waals surface area contributed by atoms with Crippen molar-refractivity contribution in [3.05, 3.63) is 93.5 Å². The van der Waals surface area contributed by atoms with Gasteiger partial charge < -0.3 is 4.74 Å². The Morgan fingerprint density at radius 1 is 0.692 bits per heavy atom. The molecule has 0 aliphatic heterocycles. The molecule has 0 aromatic carbocycles. The number of pyridine rings is 4. The third-order valence-electron chi connectivity index (χ3n) is 4.80. The Bertz CT molecular complexity index is 1470. The lowest BCUT2D eigenvalue weighted by atomic mass is 10.1. The Kier molecular flexibility index (Phi) is 9.36. The second-order valence-electron chi connectivity index (χ2n) is 7.39. The Hall–Kier alpha value is -3.48. The lowest BCUT2D eigenvalue weighted by molar-refractivity contribution is -0.141. The quantitative estimate of drug-likeness (QED) is 0.133. The van der Waals surface area contributed by atoms with Gasteiger partial charge in [0, 0.05) is 47.0 Å². The number of halogens is 9. The molecule has 0 aliphatic carbocycles. The number of hydrogen-bond donors (Lipinski definition) is 0. The van der Waals surface area contributed by atoms with Crippen molar-refractivity contribution in [2.24, 2.45) is 0 Å². The van der Waals surface area contributed by atoms with E-state index in [0.717, 1.165) is 24.5 Å².